The molecule has 0 bridgehead atoms. The molecule has 18 heavy (non-hydrogen) atoms. The molecule has 0 aromatic carbocycles. The molecule has 0 saturated heterocycles. The lowest BCUT2D eigenvalue weighted by molar-refractivity contribution is -0.122. The fraction of sp³-hybridized carbons (Fsp3) is 0.667. The van der Waals surface area contributed by atoms with Crippen molar-refractivity contribution in [3.63, 3.8) is 0 Å². The zero-order valence-electron chi connectivity index (χ0n) is 11.8. The Hall–Kier alpha value is -0.570. The van der Waals surface area contributed by atoms with Gasteiger partial charge in [0, 0.05) is 6.54 Å². The highest BCUT2D eigenvalue weighted by Gasteiger charge is 2.29. The minimum absolute atomic E-state index is 0.0541. The number of carbonyl (C=O) groups is 1. The van der Waals surface area contributed by atoms with Crippen molar-refractivity contribution in [3.8, 4) is 0 Å². The highest BCUT2D eigenvalue weighted by atomic mass is 79.9. The highest BCUT2D eigenvalue weighted by Crippen LogP contribution is 2.30. The third-order valence-corrected chi connectivity index (χ3v) is 5.11. The first-order valence-corrected chi connectivity index (χ1v) is 7.42. The Morgan fingerprint density at radius 3 is 2.61 bits per heavy atom. The summed E-state index contributed by atoms with van der Waals surface area (Å²) in [5.74, 6) is 0.0847. The molecule has 2 atom stereocenters. The summed E-state index contributed by atoms with van der Waals surface area (Å²) in [5, 5.41) is 3.02. The van der Waals surface area contributed by atoms with Crippen molar-refractivity contribution >= 4 is 21.8 Å². The maximum Gasteiger partial charge on any atom is 0.234 e. The molecule has 0 aromatic rings. The monoisotopic (exact) mass is 313 g/mol. The summed E-state index contributed by atoms with van der Waals surface area (Å²) in [5.41, 5.74) is 0.132. The molecule has 1 aliphatic carbocycles. The van der Waals surface area contributed by atoms with Crippen LogP contribution in [0.3, 0.4) is 0 Å². The van der Waals surface area contributed by atoms with Gasteiger partial charge in [-0.3, -0.25) is 4.79 Å². The zero-order chi connectivity index (χ0) is 13.8. The summed E-state index contributed by atoms with van der Waals surface area (Å²) in [6, 6.07) is 0. The van der Waals surface area contributed by atoms with Crippen LogP contribution in [0, 0.1) is 10.8 Å². The van der Waals surface area contributed by atoms with Crippen LogP contribution in [0.25, 0.3) is 0 Å². The normalized spacial score (nSPS) is 24.9. The van der Waals surface area contributed by atoms with Crippen molar-refractivity contribution in [3.05, 3.63) is 24.3 Å². The standard InChI is InChI=1S/C15H24BrNO/c1-14(2,3)12(16)13(18)17-11-10-15(4)8-6-5-7-9-15/h5-8,12H,9-11H2,1-4H3,(H,17,18). The van der Waals surface area contributed by atoms with Crippen LogP contribution in [-0.4, -0.2) is 17.3 Å². The van der Waals surface area contributed by atoms with E-state index >= 15 is 0 Å². The number of allylic oxidation sites excluding steroid dienone is 4. The Labute approximate surface area is 119 Å². The van der Waals surface area contributed by atoms with Crippen molar-refractivity contribution < 1.29 is 4.79 Å². The Bertz CT molecular complexity index is 354. The van der Waals surface area contributed by atoms with Gasteiger partial charge in [0.2, 0.25) is 5.91 Å². The number of rotatable bonds is 4. The van der Waals surface area contributed by atoms with Gasteiger partial charge in [-0.25, -0.2) is 0 Å². The largest absolute Gasteiger partial charge is 0.355 e. The molecular formula is C15H24BrNO. The van der Waals surface area contributed by atoms with Gasteiger partial charge >= 0.3 is 0 Å². The minimum Gasteiger partial charge on any atom is -0.355 e. The maximum absolute atomic E-state index is 11.9. The molecule has 0 saturated carbocycles. The summed E-state index contributed by atoms with van der Waals surface area (Å²) in [4.78, 5) is 11.8. The molecule has 2 nitrogen and oxygen atoms in total. The molecule has 1 N–H and O–H groups in total. The van der Waals surface area contributed by atoms with Crippen LogP contribution in [-0.2, 0) is 4.79 Å². The molecule has 0 aliphatic heterocycles. The second kappa shape index (κ2) is 6.05. The minimum atomic E-state index is -0.139. The van der Waals surface area contributed by atoms with Crippen LogP contribution in [0.1, 0.15) is 40.5 Å². The molecule has 0 radical (unpaired) electrons. The van der Waals surface area contributed by atoms with Crippen molar-refractivity contribution in [1.29, 1.82) is 0 Å². The smallest absolute Gasteiger partial charge is 0.234 e. The van der Waals surface area contributed by atoms with Crippen LogP contribution in [0.15, 0.2) is 24.3 Å². The summed E-state index contributed by atoms with van der Waals surface area (Å²) in [6.07, 6.45) is 10.6. The van der Waals surface area contributed by atoms with Gasteiger partial charge in [0.25, 0.3) is 0 Å². The van der Waals surface area contributed by atoms with E-state index in [9.17, 15) is 4.79 Å². The summed E-state index contributed by atoms with van der Waals surface area (Å²) >= 11 is 3.47. The highest BCUT2D eigenvalue weighted by molar-refractivity contribution is 9.10. The summed E-state index contributed by atoms with van der Waals surface area (Å²) < 4.78 is 0. The maximum atomic E-state index is 11.9. The lowest BCUT2D eigenvalue weighted by Crippen LogP contribution is -2.39. The Morgan fingerprint density at radius 2 is 2.11 bits per heavy atom. The Balaban J connectivity index is 2.36. The van der Waals surface area contributed by atoms with Crippen LogP contribution in [0.2, 0.25) is 0 Å². The predicted octanol–water partition coefficient (Wildman–Crippen LogP) is 3.82. The molecule has 1 aliphatic rings. The Morgan fingerprint density at radius 1 is 1.44 bits per heavy atom. The van der Waals surface area contributed by atoms with Crippen molar-refractivity contribution in [2.75, 3.05) is 6.54 Å². The predicted molar refractivity (Wildman–Crippen MR) is 80.8 cm³/mol. The van der Waals surface area contributed by atoms with Crippen LogP contribution >= 0.6 is 15.9 Å². The number of hydrogen-bond acceptors (Lipinski definition) is 1. The van der Waals surface area contributed by atoms with Gasteiger partial charge in [-0.1, -0.05) is 67.9 Å². The number of alkyl halides is 1. The molecule has 2 unspecified atom stereocenters. The number of nitrogens with one attached hydrogen (secondary N) is 1. The molecule has 0 heterocycles. The third-order valence-electron chi connectivity index (χ3n) is 3.32. The molecule has 1 rings (SSSR count). The average Bonchev–Trinajstić information content (AvgIpc) is 2.27. The van der Waals surface area contributed by atoms with E-state index in [0.717, 1.165) is 19.4 Å². The number of hydrogen-bond donors (Lipinski definition) is 1. The van der Waals surface area contributed by atoms with Crippen LogP contribution in [0.5, 0.6) is 0 Å². The zero-order valence-corrected chi connectivity index (χ0v) is 13.4. The second-order valence-electron chi connectivity index (χ2n) is 6.42. The molecule has 102 valence electrons. The van der Waals surface area contributed by atoms with E-state index in [4.69, 9.17) is 0 Å². The first-order chi connectivity index (χ1) is 8.25. The quantitative estimate of drug-likeness (QED) is 0.785. The fourth-order valence-corrected chi connectivity index (χ4v) is 2.07. The molecule has 3 heteroatoms. The Kier molecular flexibility index (Phi) is 5.20. The fourth-order valence-electron chi connectivity index (χ4n) is 1.91. The summed E-state index contributed by atoms with van der Waals surface area (Å²) in [7, 11) is 0. The van der Waals surface area contributed by atoms with Gasteiger partial charge in [-0.15, -0.1) is 0 Å². The van der Waals surface area contributed by atoms with Crippen LogP contribution in [0.4, 0.5) is 0 Å². The van der Waals surface area contributed by atoms with Gasteiger partial charge in [0.05, 0.1) is 4.83 Å². The first kappa shape index (κ1) is 15.5. The number of halogens is 1. The second-order valence-corrected chi connectivity index (χ2v) is 7.33. The SMILES string of the molecule is CC1(CCNC(=O)C(Br)C(C)(C)C)C=CC=CC1. The lowest BCUT2D eigenvalue weighted by atomic mass is 9.81. The summed E-state index contributed by atoms with van der Waals surface area (Å²) in [6.45, 7) is 9.13. The molecule has 1 amide bonds. The van der Waals surface area contributed by atoms with Gasteiger partial charge in [-0.05, 0) is 23.7 Å². The van der Waals surface area contributed by atoms with E-state index in [1.165, 1.54) is 0 Å². The van der Waals surface area contributed by atoms with E-state index in [-0.39, 0.29) is 21.6 Å². The topological polar surface area (TPSA) is 29.1 Å². The molecule has 0 fully saturated rings. The van der Waals surface area contributed by atoms with E-state index in [2.05, 4.69) is 73.2 Å². The van der Waals surface area contributed by atoms with Gasteiger partial charge < -0.3 is 5.32 Å². The molecular weight excluding hydrogens is 290 g/mol. The molecule has 0 spiro atoms. The lowest BCUT2D eigenvalue weighted by Gasteiger charge is -2.28. The van der Waals surface area contributed by atoms with Gasteiger partial charge in [-0.2, -0.15) is 0 Å². The van der Waals surface area contributed by atoms with Crippen LogP contribution < -0.4 is 5.32 Å². The van der Waals surface area contributed by atoms with Crippen molar-refractivity contribution in [1.82, 2.24) is 5.32 Å². The van der Waals surface area contributed by atoms with Gasteiger partial charge in [0.15, 0.2) is 0 Å². The average molecular weight is 314 g/mol. The van der Waals surface area contributed by atoms with E-state index in [1.54, 1.807) is 0 Å². The first-order valence-electron chi connectivity index (χ1n) is 6.51. The molecule has 0 aromatic heterocycles. The van der Waals surface area contributed by atoms with Gasteiger partial charge in [0.1, 0.15) is 0 Å². The van der Waals surface area contributed by atoms with E-state index in [1.807, 2.05) is 0 Å². The van der Waals surface area contributed by atoms with Crippen molar-refractivity contribution in [2.24, 2.45) is 10.8 Å². The van der Waals surface area contributed by atoms with E-state index < -0.39 is 0 Å². The number of amides is 1. The number of carbonyl (C=O) groups excluding carboxylic acids is 1. The van der Waals surface area contributed by atoms with E-state index in [0.29, 0.717) is 0 Å². The third kappa shape index (κ3) is 4.60. The van der Waals surface area contributed by atoms with Crippen molar-refractivity contribution in [2.45, 2.75) is 45.4 Å².